The number of aromatic hydroxyl groups is 1. The SMILES string of the molecule is Cc1ccc(-c2nccnc2C(CC(=O)CC2=CCc3ccc(O)cc32)Cc2cc(F)cc(F)c2)cc1. The predicted molar refractivity (Wildman–Crippen MR) is 139 cm³/mol. The smallest absolute Gasteiger partial charge is 0.137 e. The van der Waals surface area contributed by atoms with E-state index >= 15 is 0 Å². The van der Waals surface area contributed by atoms with Gasteiger partial charge < -0.3 is 5.11 Å². The highest BCUT2D eigenvalue weighted by Crippen LogP contribution is 2.35. The number of hydrogen-bond donors (Lipinski definition) is 1. The van der Waals surface area contributed by atoms with E-state index in [1.807, 2.05) is 43.3 Å². The summed E-state index contributed by atoms with van der Waals surface area (Å²) in [6.07, 6.45) is 6.46. The average molecular weight is 497 g/mol. The van der Waals surface area contributed by atoms with Gasteiger partial charge in [-0.1, -0.05) is 42.0 Å². The highest BCUT2D eigenvalue weighted by molar-refractivity contribution is 5.92. The zero-order valence-corrected chi connectivity index (χ0v) is 20.4. The van der Waals surface area contributed by atoms with Crippen LogP contribution >= 0.6 is 0 Å². The van der Waals surface area contributed by atoms with Crippen molar-refractivity contribution in [3.05, 3.63) is 119 Å². The van der Waals surface area contributed by atoms with Crippen LogP contribution in [0.1, 0.15) is 46.7 Å². The Kier molecular flexibility index (Phi) is 6.91. The molecule has 5 rings (SSSR count). The van der Waals surface area contributed by atoms with E-state index in [4.69, 9.17) is 0 Å². The molecule has 1 atom stereocenters. The third-order valence-electron chi connectivity index (χ3n) is 6.71. The molecule has 37 heavy (non-hydrogen) atoms. The molecule has 0 amide bonds. The van der Waals surface area contributed by atoms with Gasteiger partial charge >= 0.3 is 0 Å². The van der Waals surface area contributed by atoms with E-state index in [1.165, 1.54) is 12.1 Å². The van der Waals surface area contributed by atoms with Crippen LogP contribution in [0.5, 0.6) is 5.75 Å². The Morgan fingerprint density at radius 1 is 0.973 bits per heavy atom. The molecule has 0 saturated heterocycles. The highest BCUT2D eigenvalue weighted by atomic mass is 19.1. The van der Waals surface area contributed by atoms with Crippen LogP contribution in [0.3, 0.4) is 0 Å². The van der Waals surface area contributed by atoms with Gasteiger partial charge in [0, 0.05) is 42.8 Å². The minimum atomic E-state index is -0.662. The van der Waals surface area contributed by atoms with Gasteiger partial charge in [0.25, 0.3) is 0 Å². The number of phenolic OH excluding ortho intramolecular Hbond substituents is 1. The molecule has 0 fully saturated rings. The Bertz CT molecular complexity index is 1480. The standard InChI is InChI=1S/C31H26F2N2O2/c1-19-2-4-22(5-3-19)30-31(35-11-10-34-30)24(12-20-13-25(32)17-26(33)14-20)16-28(37)15-23-7-6-21-8-9-27(36)18-29(21)23/h2-5,7-11,13-14,17-18,24,36H,6,12,15-16H2,1H3. The lowest BCUT2D eigenvalue weighted by Gasteiger charge is -2.19. The molecule has 1 aromatic heterocycles. The minimum Gasteiger partial charge on any atom is -0.508 e. The molecule has 4 aromatic rings. The van der Waals surface area contributed by atoms with E-state index in [0.717, 1.165) is 33.9 Å². The van der Waals surface area contributed by atoms with Gasteiger partial charge in [0.15, 0.2) is 0 Å². The maximum absolute atomic E-state index is 14.0. The van der Waals surface area contributed by atoms with Gasteiger partial charge in [-0.3, -0.25) is 14.8 Å². The average Bonchev–Trinajstić information content (AvgIpc) is 3.25. The van der Waals surface area contributed by atoms with Gasteiger partial charge in [-0.2, -0.15) is 0 Å². The largest absolute Gasteiger partial charge is 0.508 e. The first-order chi connectivity index (χ1) is 17.9. The zero-order chi connectivity index (χ0) is 25.9. The number of Topliss-reactive ketones (excluding diaryl/α,β-unsaturated/α-hetero) is 1. The van der Waals surface area contributed by atoms with Gasteiger partial charge in [0.05, 0.1) is 11.4 Å². The number of nitrogens with zero attached hydrogens (tertiary/aromatic N) is 2. The quantitative estimate of drug-likeness (QED) is 0.293. The van der Waals surface area contributed by atoms with Crippen LogP contribution in [0.4, 0.5) is 8.78 Å². The van der Waals surface area contributed by atoms with E-state index in [0.29, 0.717) is 23.4 Å². The lowest BCUT2D eigenvalue weighted by molar-refractivity contribution is -0.118. The summed E-state index contributed by atoms with van der Waals surface area (Å²) in [4.78, 5) is 22.6. The number of carbonyl (C=O) groups excluding carboxylic acids is 1. The summed E-state index contributed by atoms with van der Waals surface area (Å²) in [6.45, 7) is 2.00. The van der Waals surface area contributed by atoms with Crippen LogP contribution in [0.2, 0.25) is 0 Å². The highest BCUT2D eigenvalue weighted by Gasteiger charge is 2.25. The van der Waals surface area contributed by atoms with Gasteiger partial charge in [0.1, 0.15) is 23.2 Å². The number of fused-ring (bicyclic) bond motifs is 1. The minimum absolute atomic E-state index is 0.0233. The van der Waals surface area contributed by atoms with Crippen LogP contribution in [0.25, 0.3) is 16.8 Å². The molecule has 0 spiro atoms. The number of benzene rings is 3. The molecule has 1 unspecified atom stereocenters. The van der Waals surface area contributed by atoms with Gasteiger partial charge in [-0.25, -0.2) is 8.78 Å². The van der Waals surface area contributed by atoms with Crippen molar-refractivity contribution in [1.29, 1.82) is 0 Å². The first-order valence-corrected chi connectivity index (χ1v) is 12.2. The number of hydrogen-bond acceptors (Lipinski definition) is 4. The van der Waals surface area contributed by atoms with E-state index in [-0.39, 0.29) is 30.8 Å². The number of allylic oxidation sites excluding steroid dienone is 2. The number of rotatable bonds is 8. The first kappa shape index (κ1) is 24.5. The van der Waals surface area contributed by atoms with Crippen LogP contribution in [0, 0.1) is 18.6 Å². The number of aromatic nitrogens is 2. The van der Waals surface area contributed by atoms with Crippen molar-refractivity contribution in [1.82, 2.24) is 9.97 Å². The Morgan fingerprint density at radius 3 is 2.46 bits per heavy atom. The molecule has 6 heteroatoms. The maximum atomic E-state index is 14.0. The Labute approximate surface area is 214 Å². The summed E-state index contributed by atoms with van der Waals surface area (Å²) in [5.74, 6) is -1.63. The van der Waals surface area contributed by atoms with E-state index in [1.54, 1.807) is 24.5 Å². The van der Waals surface area contributed by atoms with Crippen LogP contribution < -0.4 is 0 Å². The third-order valence-corrected chi connectivity index (χ3v) is 6.71. The number of halogens is 2. The van der Waals surface area contributed by atoms with Crippen molar-refractivity contribution in [3.8, 4) is 17.0 Å². The predicted octanol–water partition coefficient (Wildman–Crippen LogP) is 6.75. The molecule has 0 saturated carbocycles. The van der Waals surface area contributed by atoms with Crippen molar-refractivity contribution in [2.45, 2.75) is 38.5 Å². The molecule has 0 bridgehead atoms. The topological polar surface area (TPSA) is 63.1 Å². The van der Waals surface area contributed by atoms with Crippen LogP contribution in [0.15, 0.2) is 79.1 Å². The van der Waals surface area contributed by atoms with Gasteiger partial charge in [0.2, 0.25) is 0 Å². The monoisotopic (exact) mass is 496 g/mol. The normalized spacial score (nSPS) is 13.2. The lowest BCUT2D eigenvalue weighted by Crippen LogP contribution is -2.14. The summed E-state index contributed by atoms with van der Waals surface area (Å²) < 4.78 is 28.0. The second-order valence-electron chi connectivity index (χ2n) is 9.53. The maximum Gasteiger partial charge on any atom is 0.137 e. The summed E-state index contributed by atoms with van der Waals surface area (Å²) in [5, 5.41) is 9.92. The van der Waals surface area contributed by atoms with Crippen LogP contribution in [-0.2, 0) is 17.6 Å². The van der Waals surface area contributed by atoms with Crippen molar-refractivity contribution in [2.24, 2.45) is 0 Å². The Hall–Kier alpha value is -4.19. The molecule has 1 aliphatic carbocycles. The molecule has 0 aliphatic heterocycles. The molecule has 3 aromatic carbocycles. The molecular formula is C31H26F2N2O2. The van der Waals surface area contributed by atoms with E-state index < -0.39 is 17.6 Å². The molecule has 186 valence electrons. The molecule has 4 nitrogen and oxygen atoms in total. The number of aryl methyl sites for hydroxylation is 1. The summed E-state index contributed by atoms with van der Waals surface area (Å²) >= 11 is 0. The van der Waals surface area contributed by atoms with Crippen molar-refractivity contribution >= 4 is 11.4 Å². The molecule has 0 radical (unpaired) electrons. The summed E-state index contributed by atoms with van der Waals surface area (Å²) in [5.41, 5.74) is 6.51. The van der Waals surface area contributed by atoms with Crippen molar-refractivity contribution in [3.63, 3.8) is 0 Å². The molecule has 1 N–H and O–H groups in total. The second-order valence-corrected chi connectivity index (χ2v) is 9.53. The Balaban J connectivity index is 1.47. The lowest BCUT2D eigenvalue weighted by atomic mass is 9.87. The van der Waals surface area contributed by atoms with Gasteiger partial charge in [-0.05, 0) is 66.3 Å². The second kappa shape index (κ2) is 10.4. The van der Waals surface area contributed by atoms with Crippen molar-refractivity contribution < 1.29 is 18.7 Å². The summed E-state index contributed by atoms with van der Waals surface area (Å²) in [7, 11) is 0. The van der Waals surface area contributed by atoms with Crippen molar-refractivity contribution in [2.75, 3.05) is 0 Å². The number of carbonyl (C=O) groups is 1. The fourth-order valence-electron chi connectivity index (χ4n) is 4.97. The fraction of sp³-hybridized carbons (Fsp3) is 0.194. The summed E-state index contributed by atoms with van der Waals surface area (Å²) in [6, 6.07) is 16.5. The first-order valence-electron chi connectivity index (χ1n) is 12.2. The van der Waals surface area contributed by atoms with Crippen LogP contribution in [-0.4, -0.2) is 20.9 Å². The molecule has 1 heterocycles. The van der Waals surface area contributed by atoms with E-state index in [2.05, 4.69) is 9.97 Å². The third kappa shape index (κ3) is 5.64. The number of phenols is 1. The molecular weight excluding hydrogens is 470 g/mol. The number of ketones is 1. The zero-order valence-electron chi connectivity index (χ0n) is 20.4. The fourth-order valence-corrected chi connectivity index (χ4v) is 4.97. The Morgan fingerprint density at radius 2 is 1.70 bits per heavy atom. The van der Waals surface area contributed by atoms with Gasteiger partial charge in [-0.15, -0.1) is 0 Å². The molecule has 1 aliphatic rings. The van der Waals surface area contributed by atoms with E-state index in [9.17, 15) is 18.7 Å².